The Hall–Kier alpha value is -2.40. The molecule has 0 spiro atoms. The largest absolute Gasteiger partial charge is 0.460 e. The van der Waals surface area contributed by atoms with Crippen molar-refractivity contribution in [2.24, 2.45) is 0 Å². The Morgan fingerprint density at radius 2 is 1.26 bits per heavy atom. The minimum atomic E-state index is -2.81. The van der Waals surface area contributed by atoms with Gasteiger partial charge in [-0.25, -0.2) is 0 Å². The molecule has 12 nitrogen and oxygen atoms in total. The van der Waals surface area contributed by atoms with Gasteiger partial charge in [0, 0.05) is 0 Å². The topological polar surface area (TPSA) is 173 Å². The molecule has 0 aliphatic rings. The molecule has 0 aromatic carbocycles. The van der Waals surface area contributed by atoms with Crippen LogP contribution in [0.25, 0.3) is 0 Å². The van der Waals surface area contributed by atoms with Crippen LogP contribution in [0.4, 0.5) is 0 Å². The fraction of sp³-hybridized carbons (Fsp3) is 0.857. The molecule has 0 atom stereocenters. The van der Waals surface area contributed by atoms with Crippen molar-refractivity contribution in [1.82, 2.24) is 0 Å². The molecule has 0 heterocycles. The predicted molar refractivity (Wildman–Crippen MR) is 58.3 cm³/mol. The van der Waals surface area contributed by atoms with Gasteiger partial charge < -0.3 is 0 Å². The van der Waals surface area contributed by atoms with Crippen LogP contribution in [0.1, 0.15) is 26.7 Å². The van der Waals surface area contributed by atoms with Crippen LogP contribution in [-0.2, 0) is 0 Å². The van der Waals surface area contributed by atoms with Crippen molar-refractivity contribution in [1.29, 1.82) is 0 Å². The molecule has 0 fully saturated rings. The van der Waals surface area contributed by atoms with Gasteiger partial charge in [0.2, 0.25) is 0 Å². The summed E-state index contributed by atoms with van der Waals surface area (Å²) in [6, 6.07) is 0. The molecule has 0 bridgehead atoms. The maximum Gasteiger partial charge on any atom is 0.460 e. The Morgan fingerprint density at radius 1 is 0.895 bits per heavy atom. The van der Waals surface area contributed by atoms with Crippen LogP contribution in [0.15, 0.2) is 0 Å². The number of hydrogen-bond donors (Lipinski definition) is 0. The number of hydrogen-bond acceptors (Lipinski definition) is 8. The van der Waals surface area contributed by atoms with Crippen LogP contribution in [0.3, 0.4) is 0 Å². The van der Waals surface area contributed by atoms with E-state index in [1.165, 1.54) is 0 Å². The lowest BCUT2D eigenvalue weighted by Gasteiger charge is -2.17. The first kappa shape index (κ1) is 16.6. The summed E-state index contributed by atoms with van der Waals surface area (Å²) in [5.41, 5.74) is -5.51. The summed E-state index contributed by atoms with van der Waals surface area (Å²) in [6.07, 6.45) is -1.21. The first-order valence-electron chi connectivity index (χ1n) is 4.97. The Bertz CT molecular complexity index is 393. The second-order valence-electron chi connectivity index (χ2n) is 3.87. The maximum absolute atomic E-state index is 10.8. The number of nitro groups is 4. The van der Waals surface area contributed by atoms with Crippen molar-refractivity contribution in [2.45, 2.75) is 38.0 Å². The molecule has 0 aromatic rings. The molecule has 12 heteroatoms. The molecule has 0 rings (SSSR count). The smallest absolute Gasteiger partial charge is 0.258 e. The van der Waals surface area contributed by atoms with Crippen LogP contribution in [-0.4, -0.2) is 31.0 Å². The quantitative estimate of drug-likeness (QED) is 0.351. The van der Waals surface area contributed by atoms with E-state index in [0.717, 1.165) is 6.92 Å². The van der Waals surface area contributed by atoms with Crippen molar-refractivity contribution < 1.29 is 19.7 Å². The lowest BCUT2D eigenvalue weighted by molar-refractivity contribution is -0.805. The summed E-state index contributed by atoms with van der Waals surface area (Å²) in [6.45, 7) is 1.75. The molecule has 107 valence electrons. The summed E-state index contributed by atoms with van der Waals surface area (Å²) in [5.74, 6) is 0. The number of nitrogens with zero attached hydrogens (tertiary/aromatic N) is 4. The molecule has 0 aliphatic carbocycles. The van der Waals surface area contributed by atoms with Crippen LogP contribution in [0.5, 0.6) is 0 Å². The van der Waals surface area contributed by atoms with Gasteiger partial charge in [0.1, 0.15) is 12.8 Å². The average Bonchev–Trinajstić information content (AvgIpc) is 2.28. The first-order valence-corrected chi connectivity index (χ1v) is 4.97. The van der Waals surface area contributed by atoms with E-state index in [1.54, 1.807) is 0 Å². The Kier molecular flexibility index (Phi) is 4.80. The van der Waals surface area contributed by atoms with Gasteiger partial charge in [0.25, 0.3) is 0 Å². The molecule has 0 aliphatic heterocycles. The Labute approximate surface area is 106 Å². The van der Waals surface area contributed by atoms with Gasteiger partial charge >= 0.3 is 11.3 Å². The maximum atomic E-state index is 10.8. The van der Waals surface area contributed by atoms with Crippen molar-refractivity contribution in [2.75, 3.05) is 0 Å². The molecule has 0 saturated carbocycles. The molecule has 0 unspecified atom stereocenters. The van der Waals surface area contributed by atoms with Crippen LogP contribution in [0.2, 0.25) is 0 Å². The first-order chi connectivity index (χ1) is 8.54. The summed E-state index contributed by atoms with van der Waals surface area (Å²) in [7, 11) is 0. The van der Waals surface area contributed by atoms with Gasteiger partial charge in [-0.2, -0.15) is 0 Å². The van der Waals surface area contributed by atoms with E-state index in [1.807, 2.05) is 0 Å². The normalized spacial score (nSPS) is 11.9. The van der Waals surface area contributed by atoms with Gasteiger partial charge in [0.05, 0.1) is 33.0 Å². The molecular formula is C7H11N4O8. The zero-order valence-electron chi connectivity index (χ0n) is 10.0. The summed E-state index contributed by atoms with van der Waals surface area (Å²) in [5, 5.41) is 42.7. The second-order valence-corrected chi connectivity index (χ2v) is 3.87. The van der Waals surface area contributed by atoms with Gasteiger partial charge in [-0.05, 0) is 0 Å². The second kappa shape index (κ2) is 5.49. The van der Waals surface area contributed by atoms with E-state index in [9.17, 15) is 40.5 Å². The fourth-order valence-corrected chi connectivity index (χ4v) is 1.19. The predicted octanol–water partition coefficient (Wildman–Crippen LogP) is 0.510. The van der Waals surface area contributed by atoms with E-state index < -0.39 is 43.9 Å². The molecule has 0 saturated heterocycles. The summed E-state index contributed by atoms with van der Waals surface area (Å²) in [4.78, 5) is 37.8. The molecule has 1 radical (unpaired) electrons. The van der Waals surface area contributed by atoms with E-state index >= 15 is 0 Å². The molecular weight excluding hydrogens is 268 g/mol. The van der Waals surface area contributed by atoms with Crippen LogP contribution < -0.4 is 0 Å². The van der Waals surface area contributed by atoms with Crippen molar-refractivity contribution in [3.63, 3.8) is 0 Å². The molecule has 0 aromatic heterocycles. The standard InChI is InChI=1S/C7H11N4O8/c1-3-7(10(16)17,11(18)19)5-4-6(2,8(12)13)9(14)15/h4H,3,5H2,1-2H3. The van der Waals surface area contributed by atoms with E-state index in [0.29, 0.717) is 13.3 Å². The highest BCUT2D eigenvalue weighted by Crippen LogP contribution is 2.27. The highest BCUT2D eigenvalue weighted by atomic mass is 16.7. The van der Waals surface area contributed by atoms with E-state index in [-0.39, 0.29) is 0 Å². The number of rotatable bonds is 8. The molecule has 0 amide bonds. The van der Waals surface area contributed by atoms with E-state index in [2.05, 4.69) is 0 Å². The van der Waals surface area contributed by atoms with Gasteiger partial charge in [-0.15, -0.1) is 0 Å². The van der Waals surface area contributed by atoms with Gasteiger partial charge in [-0.1, -0.05) is 6.92 Å². The highest BCUT2D eigenvalue weighted by Gasteiger charge is 2.60. The third kappa shape index (κ3) is 2.89. The van der Waals surface area contributed by atoms with Crippen molar-refractivity contribution >= 4 is 0 Å². The minimum Gasteiger partial charge on any atom is -0.258 e. The lowest BCUT2D eigenvalue weighted by Crippen LogP contribution is -2.50. The molecule has 19 heavy (non-hydrogen) atoms. The molecule has 0 N–H and O–H groups in total. The minimum absolute atomic E-state index is 0.377. The zero-order valence-corrected chi connectivity index (χ0v) is 10.0. The third-order valence-corrected chi connectivity index (χ3v) is 2.80. The highest BCUT2D eigenvalue weighted by molar-refractivity contribution is 4.86. The van der Waals surface area contributed by atoms with Crippen molar-refractivity contribution in [3.05, 3.63) is 46.9 Å². The summed E-state index contributed by atoms with van der Waals surface area (Å²) < 4.78 is 0. The monoisotopic (exact) mass is 279 g/mol. The van der Waals surface area contributed by atoms with Crippen molar-refractivity contribution in [3.8, 4) is 0 Å². The summed E-state index contributed by atoms with van der Waals surface area (Å²) >= 11 is 0. The van der Waals surface area contributed by atoms with Crippen LogP contribution in [0, 0.1) is 46.9 Å². The average molecular weight is 279 g/mol. The fourth-order valence-electron chi connectivity index (χ4n) is 1.19. The Balaban J connectivity index is 5.32. The van der Waals surface area contributed by atoms with Gasteiger partial charge in [0.15, 0.2) is 0 Å². The lowest BCUT2D eigenvalue weighted by atomic mass is 9.96. The third-order valence-electron chi connectivity index (χ3n) is 2.80. The SMILES string of the molecule is CCC(C[CH]C(C)([N+](=O)[O-])[N+](=O)[O-])([N+](=O)[O-])[N+](=O)[O-]. The Morgan fingerprint density at radius 3 is 1.47 bits per heavy atom. The van der Waals surface area contributed by atoms with E-state index in [4.69, 9.17) is 0 Å². The van der Waals surface area contributed by atoms with Crippen LogP contribution >= 0.6 is 0 Å². The zero-order chi connectivity index (χ0) is 15.4. The van der Waals surface area contributed by atoms with Gasteiger partial charge in [-0.3, -0.25) is 40.5 Å².